The second-order valence-corrected chi connectivity index (χ2v) is 7.14. The molecule has 0 spiro atoms. The summed E-state index contributed by atoms with van der Waals surface area (Å²) in [6.45, 7) is 2.57. The molecule has 9 heteroatoms. The Labute approximate surface area is 165 Å². The Bertz CT molecular complexity index is 1090. The van der Waals surface area contributed by atoms with Crippen LogP contribution in [-0.2, 0) is 17.8 Å². The third kappa shape index (κ3) is 4.32. The van der Waals surface area contributed by atoms with E-state index in [0.717, 1.165) is 11.5 Å². The predicted octanol–water partition coefficient (Wildman–Crippen LogP) is 3.07. The van der Waals surface area contributed by atoms with E-state index in [1.165, 1.54) is 16.9 Å². The molecule has 2 N–H and O–H groups in total. The van der Waals surface area contributed by atoms with Crippen molar-refractivity contribution in [2.75, 3.05) is 10.6 Å². The van der Waals surface area contributed by atoms with Crippen molar-refractivity contribution < 1.29 is 4.79 Å². The second kappa shape index (κ2) is 8.13. The maximum absolute atomic E-state index is 12.1. The number of anilines is 2. The molecule has 0 radical (unpaired) electrons. The number of hydrogen-bond acceptors (Lipinski definition) is 7. The fourth-order valence-corrected chi connectivity index (χ4v) is 3.39. The first-order chi connectivity index (χ1) is 13.7. The highest BCUT2D eigenvalue weighted by molar-refractivity contribution is 7.13. The zero-order chi connectivity index (χ0) is 19.3. The highest BCUT2D eigenvalue weighted by Gasteiger charge is 2.11. The van der Waals surface area contributed by atoms with Gasteiger partial charge in [-0.05, 0) is 24.6 Å². The number of nitrogens with one attached hydrogen (secondary N) is 2. The summed E-state index contributed by atoms with van der Waals surface area (Å²) in [5, 5.41) is 21.5. The molecule has 142 valence electrons. The van der Waals surface area contributed by atoms with Crippen molar-refractivity contribution in [3.05, 3.63) is 64.9 Å². The van der Waals surface area contributed by atoms with Crippen LogP contribution in [0.5, 0.6) is 0 Å². The van der Waals surface area contributed by atoms with Gasteiger partial charge in [-0.15, -0.1) is 26.6 Å². The maximum atomic E-state index is 12.1. The van der Waals surface area contributed by atoms with Gasteiger partial charge in [-0.3, -0.25) is 4.79 Å². The summed E-state index contributed by atoms with van der Waals surface area (Å²) in [7, 11) is 0. The van der Waals surface area contributed by atoms with E-state index in [9.17, 15) is 4.79 Å². The van der Waals surface area contributed by atoms with Gasteiger partial charge in [0.1, 0.15) is 5.82 Å². The topological polar surface area (TPSA) is 97.1 Å². The molecular weight excluding hydrogens is 374 g/mol. The molecule has 3 aromatic heterocycles. The maximum Gasteiger partial charge on any atom is 0.226 e. The molecule has 0 bridgehead atoms. The Balaban J connectivity index is 1.40. The van der Waals surface area contributed by atoms with Crippen molar-refractivity contribution >= 4 is 33.8 Å². The van der Waals surface area contributed by atoms with Gasteiger partial charge in [0, 0.05) is 24.8 Å². The molecule has 0 aliphatic carbocycles. The molecule has 0 atom stereocenters. The first-order valence-electron chi connectivity index (χ1n) is 8.88. The van der Waals surface area contributed by atoms with Crippen molar-refractivity contribution in [1.29, 1.82) is 0 Å². The molecule has 1 amide bonds. The summed E-state index contributed by atoms with van der Waals surface area (Å²) >= 11 is 1.41. The Morgan fingerprint density at radius 1 is 1.14 bits per heavy atom. The van der Waals surface area contributed by atoms with Crippen LogP contribution in [0.1, 0.15) is 23.5 Å². The third-order valence-corrected chi connectivity index (χ3v) is 4.96. The summed E-state index contributed by atoms with van der Waals surface area (Å²) in [4.78, 5) is 16.4. The fourth-order valence-electron chi connectivity index (χ4n) is 2.69. The van der Waals surface area contributed by atoms with Gasteiger partial charge in [0.05, 0.1) is 5.69 Å². The molecule has 1 aromatic carbocycles. The number of benzene rings is 1. The number of nitrogens with zero attached hydrogens (tertiary/aromatic N) is 5. The minimum Gasteiger partial charge on any atom is -0.365 e. The van der Waals surface area contributed by atoms with Crippen molar-refractivity contribution in [2.45, 2.75) is 26.3 Å². The van der Waals surface area contributed by atoms with Crippen LogP contribution in [-0.4, -0.2) is 30.7 Å². The molecular formula is C19H19N7OS. The molecule has 0 saturated carbocycles. The van der Waals surface area contributed by atoms with Gasteiger partial charge in [0.25, 0.3) is 0 Å². The van der Waals surface area contributed by atoms with Gasteiger partial charge in [0.2, 0.25) is 5.91 Å². The number of thiazole rings is 1. The lowest BCUT2D eigenvalue weighted by molar-refractivity contribution is -0.116. The highest BCUT2D eigenvalue weighted by Crippen LogP contribution is 2.15. The number of carbonyl (C=O) groups excluding carboxylic acids is 1. The lowest BCUT2D eigenvalue weighted by Gasteiger charge is -2.06. The third-order valence-electron chi connectivity index (χ3n) is 4.08. The summed E-state index contributed by atoms with van der Waals surface area (Å²) in [5.74, 6) is 1.26. The Kier molecular flexibility index (Phi) is 5.24. The van der Waals surface area contributed by atoms with Crippen LogP contribution in [0.4, 0.5) is 10.9 Å². The van der Waals surface area contributed by atoms with Gasteiger partial charge in [-0.2, -0.15) is 4.52 Å². The molecule has 0 unspecified atom stereocenters. The van der Waals surface area contributed by atoms with E-state index in [2.05, 4.69) is 43.0 Å². The smallest absolute Gasteiger partial charge is 0.226 e. The summed E-state index contributed by atoms with van der Waals surface area (Å²) in [5.41, 5.74) is 2.71. The summed E-state index contributed by atoms with van der Waals surface area (Å²) < 4.78 is 1.67. The predicted molar refractivity (Wildman–Crippen MR) is 108 cm³/mol. The van der Waals surface area contributed by atoms with Crippen LogP contribution < -0.4 is 10.6 Å². The Morgan fingerprint density at radius 2 is 2.00 bits per heavy atom. The lowest BCUT2D eigenvalue weighted by atomic mass is 10.2. The SMILES string of the molecule is Cc1csc(NC(=O)CCc2nnc3ccc(NCc4ccccc4)nn23)n1. The second-order valence-electron chi connectivity index (χ2n) is 6.29. The van der Waals surface area contributed by atoms with Gasteiger partial charge in [0.15, 0.2) is 16.6 Å². The molecule has 0 aliphatic rings. The van der Waals surface area contributed by atoms with Crippen LogP contribution in [0, 0.1) is 6.92 Å². The van der Waals surface area contributed by atoms with Crippen molar-refractivity contribution in [1.82, 2.24) is 24.8 Å². The van der Waals surface area contributed by atoms with E-state index in [-0.39, 0.29) is 12.3 Å². The minimum atomic E-state index is -0.107. The van der Waals surface area contributed by atoms with Gasteiger partial charge in [-0.25, -0.2) is 4.98 Å². The van der Waals surface area contributed by atoms with Crippen LogP contribution in [0.3, 0.4) is 0 Å². The van der Waals surface area contributed by atoms with Crippen LogP contribution in [0.15, 0.2) is 47.8 Å². The number of hydrogen-bond donors (Lipinski definition) is 2. The normalized spacial score (nSPS) is 10.9. The monoisotopic (exact) mass is 393 g/mol. The lowest BCUT2D eigenvalue weighted by Crippen LogP contribution is -2.13. The average Bonchev–Trinajstić information content (AvgIpc) is 3.31. The first kappa shape index (κ1) is 18.1. The molecule has 0 saturated heterocycles. The molecule has 0 fully saturated rings. The van der Waals surface area contributed by atoms with E-state index >= 15 is 0 Å². The minimum absolute atomic E-state index is 0.107. The van der Waals surface area contributed by atoms with Crippen LogP contribution in [0.2, 0.25) is 0 Å². The first-order valence-corrected chi connectivity index (χ1v) is 9.76. The van der Waals surface area contributed by atoms with Gasteiger partial charge in [-0.1, -0.05) is 30.3 Å². The number of fused-ring (bicyclic) bond motifs is 1. The van der Waals surface area contributed by atoms with E-state index in [0.29, 0.717) is 29.6 Å². The number of aromatic nitrogens is 5. The van der Waals surface area contributed by atoms with Crippen LogP contribution in [0.25, 0.3) is 5.65 Å². The van der Waals surface area contributed by atoms with Gasteiger partial charge >= 0.3 is 0 Å². The summed E-state index contributed by atoms with van der Waals surface area (Å²) in [6, 6.07) is 13.8. The standard InChI is InChI=1S/C19H19N7OS/c1-13-12-28-19(21-13)22-18(27)10-9-17-24-23-16-8-7-15(25-26(16)17)20-11-14-5-3-2-4-6-14/h2-8,12H,9-11H2,1H3,(H,20,25)(H,21,22,27). The van der Waals surface area contributed by atoms with Crippen molar-refractivity contribution in [2.24, 2.45) is 0 Å². The van der Waals surface area contributed by atoms with E-state index in [1.807, 2.05) is 42.6 Å². The average molecular weight is 393 g/mol. The number of aryl methyl sites for hydroxylation is 2. The highest BCUT2D eigenvalue weighted by atomic mass is 32.1. The molecule has 8 nitrogen and oxygen atoms in total. The largest absolute Gasteiger partial charge is 0.365 e. The molecule has 4 aromatic rings. The molecule has 3 heterocycles. The number of rotatable bonds is 7. The van der Waals surface area contributed by atoms with Crippen molar-refractivity contribution in [3.63, 3.8) is 0 Å². The molecule has 4 rings (SSSR count). The van der Waals surface area contributed by atoms with E-state index < -0.39 is 0 Å². The van der Waals surface area contributed by atoms with Gasteiger partial charge < -0.3 is 10.6 Å². The van der Waals surface area contributed by atoms with E-state index in [4.69, 9.17) is 0 Å². The Hall–Kier alpha value is -3.33. The zero-order valence-corrected chi connectivity index (χ0v) is 16.1. The zero-order valence-electron chi connectivity index (χ0n) is 15.3. The fraction of sp³-hybridized carbons (Fsp3) is 0.211. The van der Waals surface area contributed by atoms with Crippen LogP contribution >= 0.6 is 11.3 Å². The molecule has 28 heavy (non-hydrogen) atoms. The van der Waals surface area contributed by atoms with E-state index in [1.54, 1.807) is 4.52 Å². The number of amides is 1. The van der Waals surface area contributed by atoms with Crippen molar-refractivity contribution in [3.8, 4) is 0 Å². The summed E-state index contributed by atoms with van der Waals surface area (Å²) in [6.07, 6.45) is 0.718. The Morgan fingerprint density at radius 3 is 2.79 bits per heavy atom. The number of carbonyl (C=O) groups is 1. The molecule has 0 aliphatic heterocycles. The quantitative estimate of drug-likeness (QED) is 0.501.